The van der Waals surface area contributed by atoms with Crippen molar-refractivity contribution in [3.05, 3.63) is 18.0 Å². The summed E-state index contributed by atoms with van der Waals surface area (Å²) in [5.74, 6) is 1.28. The van der Waals surface area contributed by atoms with Crippen LogP contribution in [0.4, 0.5) is 0 Å². The van der Waals surface area contributed by atoms with Crippen molar-refractivity contribution in [3.8, 4) is 0 Å². The van der Waals surface area contributed by atoms with Gasteiger partial charge in [-0.25, -0.2) is 0 Å². The Morgan fingerprint density at radius 1 is 1.36 bits per heavy atom. The maximum atomic E-state index is 12.8. The summed E-state index contributed by atoms with van der Waals surface area (Å²) in [6.07, 6.45) is 11.3. The zero-order chi connectivity index (χ0) is 19.4. The van der Waals surface area contributed by atoms with Crippen LogP contribution in [0.15, 0.2) is 12.4 Å². The highest BCUT2D eigenvalue weighted by Crippen LogP contribution is 2.54. The van der Waals surface area contributed by atoms with Crippen molar-refractivity contribution in [2.45, 2.75) is 77.2 Å². The predicted molar refractivity (Wildman–Crippen MR) is 107 cm³/mol. The maximum absolute atomic E-state index is 12.8. The molecule has 3 aliphatic heterocycles. The van der Waals surface area contributed by atoms with Crippen molar-refractivity contribution in [1.82, 2.24) is 20.0 Å². The second kappa shape index (κ2) is 6.84. The molecule has 1 N–H and O–H groups in total. The summed E-state index contributed by atoms with van der Waals surface area (Å²) in [5.41, 5.74) is 1.17. The number of nitrogens with zero attached hydrogens (tertiary/aromatic N) is 3. The first-order valence-electron chi connectivity index (χ1n) is 11.2. The maximum Gasteiger partial charge on any atom is 0.225 e. The highest BCUT2D eigenvalue weighted by Gasteiger charge is 2.62. The first-order chi connectivity index (χ1) is 13.5. The number of aryl methyl sites for hydroxylation is 1. The molecule has 4 atom stereocenters. The van der Waals surface area contributed by atoms with Gasteiger partial charge in [0.1, 0.15) is 0 Å². The van der Waals surface area contributed by atoms with E-state index in [9.17, 15) is 4.79 Å². The van der Waals surface area contributed by atoms with Crippen LogP contribution in [0.25, 0.3) is 0 Å². The Hall–Kier alpha value is -1.40. The summed E-state index contributed by atoms with van der Waals surface area (Å²) in [7, 11) is 0. The van der Waals surface area contributed by atoms with Crippen LogP contribution in [0.3, 0.4) is 0 Å². The molecule has 5 rings (SSSR count). The van der Waals surface area contributed by atoms with E-state index in [-0.39, 0.29) is 16.9 Å². The molecule has 2 bridgehead atoms. The monoisotopic (exact) mass is 386 g/mol. The second-order valence-electron chi connectivity index (χ2n) is 9.88. The minimum atomic E-state index is -0.142. The van der Waals surface area contributed by atoms with Crippen molar-refractivity contribution in [1.29, 1.82) is 0 Å². The summed E-state index contributed by atoms with van der Waals surface area (Å²) in [6, 6.07) is 0. The van der Waals surface area contributed by atoms with E-state index in [1.54, 1.807) is 0 Å². The van der Waals surface area contributed by atoms with Crippen LogP contribution in [0.2, 0.25) is 0 Å². The molecular formula is C22H34N4O2. The van der Waals surface area contributed by atoms with Gasteiger partial charge in [-0.2, -0.15) is 5.10 Å². The van der Waals surface area contributed by atoms with Crippen molar-refractivity contribution < 1.29 is 9.53 Å². The van der Waals surface area contributed by atoms with Gasteiger partial charge < -0.3 is 10.1 Å². The lowest BCUT2D eigenvalue weighted by molar-refractivity contribution is -0.130. The van der Waals surface area contributed by atoms with Gasteiger partial charge in [0.05, 0.1) is 17.9 Å². The number of amides is 1. The highest BCUT2D eigenvalue weighted by molar-refractivity contribution is 5.82. The van der Waals surface area contributed by atoms with Crippen molar-refractivity contribution >= 4 is 5.91 Å². The first kappa shape index (κ1) is 18.6. The van der Waals surface area contributed by atoms with E-state index < -0.39 is 0 Å². The fourth-order valence-corrected chi connectivity index (χ4v) is 6.41. The Morgan fingerprint density at radius 2 is 2.18 bits per heavy atom. The molecule has 1 saturated carbocycles. The number of hydrogen-bond acceptors (Lipinski definition) is 4. The van der Waals surface area contributed by atoms with Gasteiger partial charge >= 0.3 is 0 Å². The molecule has 4 aliphatic rings. The molecule has 0 unspecified atom stereocenters. The van der Waals surface area contributed by atoms with E-state index in [0.717, 1.165) is 52.0 Å². The van der Waals surface area contributed by atoms with Crippen LogP contribution < -0.4 is 5.32 Å². The topological polar surface area (TPSA) is 59.4 Å². The lowest BCUT2D eigenvalue weighted by Gasteiger charge is -2.31. The molecule has 154 valence electrons. The van der Waals surface area contributed by atoms with Crippen LogP contribution >= 0.6 is 0 Å². The molecule has 4 heterocycles. The average Bonchev–Trinajstić information content (AvgIpc) is 3.47. The van der Waals surface area contributed by atoms with Gasteiger partial charge in [-0.05, 0) is 32.6 Å². The second-order valence-corrected chi connectivity index (χ2v) is 9.88. The largest absolute Gasteiger partial charge is 0.370 e. The van der Waals surface area contributed by atoms with Gasteiger partial charge in [-0.1, -0.05) is 19.8 Å². The third kappa shape index (κ3) is 3.00. The van der Waals surface area contributed by atoms with E-state index in [1.165, 1.54) is 24.8 Å². The number of likely N-dealkylation sites (tertiary alicyclic amines) is 1. The molecule has 28 heavy (non-hydrogen) atoms. The standard InChI is InChI=1S/C22H34N4O2/c1-3-26-13-16(10-24-26)12-25-14-18-17(19-6-9-22(18,15-25)28-19)11-23-20(27)21(2)7-4-5-8-21/h10,13,17-19H,3-9,11-12,14-15H2,1-2H3,(H,23,27)/t17-,18+,19+,22+/m0/s1. The molecule has 0 radical (unpaired) electrons. The van der Waals surface area contributed by atoms with Gasteiger partial charge in [-0.3, -0.25) is 14.4 Å². The molecule has 0 aromatic carbocycles. The molecule has 1 aromatic rings. The van der Waals surface area contributed by atoms with Crippen LogP contribution in [-0.4, -0.2) is 51.9 Å². The smallest absolute Gasteiger partial charge is 0.225 e. The number of hydrogen-bond donors (Lipinski definition) is 1. The van der Waals surface area contributed by atoms with E-state index in [4.69, 9.17) is 4.74 Å². The first-order valence-corrected chi connectivity index (χ1v) is 11.2. The molecule has 1 spiro atoms. The summed E-state index contributed by atoms with van der Waals surface area (Å²) in [4.78, 5) is 15.3. The minimum absolute atomic E-state index is 0.0259. The van der Waals surface area contributed by atoms with Gasteiger partial charge in [0, 0.05) is 61.7 Å². The number of fused-ring (bicyclic) bond motifs is 1. The molecule has 1 aromatic heterocycles. The van der Waals surface area contributed by atoms with Crippen LogP contribution in [-0.2, 0) is 22.6 Å². The number of carbonyl (C=O) groups excluding carboxylic acids is 1. The van der Waals surface area contributed by atoms with E-state index in [2.05, 4.69) is 35.4 Å². The fraction of sp³-hybridized carbons (Fsp3) is 0.818. The summed E-state index contributed by atoms with van der Waals surface area (Å²) >= 11 is 0. The van der Waals surface area contributed by atoms with Crippen LogP contribution in [0.1, 0.15) is 57.9 Å². The van der Waals surface area contributed by atoms with Gasteiger partial charge in [0.15, 0.2) is 0 Å². The number of aromatic nitrogens is 2. The third-order valence-electron chi connectivity index (χ3n) is 8.02. The average molecular weight is 387 g/mol. The zero-order valence-corrected chi connectivity index (χ0v) is 17.3. The molecule has 6 heteroatoms. The molecule has 4 fully saturated rings. The van der Waals surface area contributed by atoms with E-state index in [1.807, 2.05) is 10.9 Å². The van der Waals surface area contributed by atoms with Crippen molar-refractivity contribution in [2.24, 2.45) is 17.3 Å². The number of nitrogens with one attached hydrogen (secondary N) is 1. The summed E-state index contributed by atoms with van der Waals surface area (Å²) in [5, 5.41) is 7.74. The number of rotatable bonds is 6. The van der Waals surface area contributed by atoms with Crippen LogP contribution in [0, 0.1) is 17.3 Å². The Kier molecular flexibility index (Phi) is 4.55. The molecular weight excluding hydrogens is 352 g/mol. The normalized spacial score (nSPS) is 36.1. The SMILES string of the molecule is CCn1cc(CN2C[C@@H]3[C@H](CNC(=O)C4(C)CCCC4)[C@H]4CC[C@]3(C2)O4)cn1. The van der Waals surface area contributed by atoms with E-state index in [0.29, 0.717) is 17.9 Å². The lowest BCUT2D eigenvalue weighted by Crippen LogP contribution is -2.45. The van der Waals surface area contributed by atoms with Gasteiger partial charge in [0.2, 0.25) is 5.91 Å². The molecule has 1 amide bonds. The minimum Gasteiger partial charge on any atom is -0.370 e. The highest BCUT2D eigenvalue weighted by atomic mass is 16.5. The predicted octanol–water partition coefficient (Wildman–Crippen LogP) is 2.58. The van der Waals surface area contributed by atoms with Gasteiger partial charge in [0.25, 0.3) is 0 Å². The Morgan fingerprint density at radius 3 is 2.93 bits per heavy atom. The fourth-order valence-electron chi connectivity index (χ4n) is 6.41. The van der Waals surface area contributed by atoms with E-state index >= 15 is 0 Å². The summed E-state index contributed by atoms with van der Waals surface area (Å²) < 4.78 is 8.55. The quantitative estimate of drug-likeness (QED) is 0.816. The Bertz CT molecular complexity index is 741. The van der Waals surface area contributed by atoms with Gasteiger partial charge in [-0.15, -0.1) is 0 Å². The van der Waals surface area contributed by atoms with Crippen LogP contribution in [0.5, 0.6) is 0 Å². The number of carbonyl (C=O) groups is 1. The molecule has 6 nitrogen and oxygen atoms in total. The Balaban J connectivity index is 1.22. The summed E-state index contributed by atoms with van der Waals surface area (Å²) in [6.45, 7) is 9.00. The zero-order valence-electron chi connectivity index (χ0n) is 17.3. The molecule has 3 saturated heterocycles. The lowest BCUT2D eigenvalue weighted by atomic mass is 9.73. The molecule has 1 aliphatic carbocycles. The third-order valence-corrected chi connectivity index (χ3v) is 8.02. The Labute approximate surface area is 168 Å². The van der Waals surface area contributed by atoms with Crippen molar-refractivity contribution in [3.63, 3.8) is 0 Å². The number of ether oxygens (including phenoxy) is 1. The van der Waals surface area contributed by atoms with Crippen molar-refractivity contribution in [2.75, 3.05) is 19.6 Å².